The monoisotopic (exact) mass is 455 g/mol. The first-order valence-electron chi connectivity index (χ1n) is 7.59. The Balaban J connectivity index is 0.00000132. The van der Waals surface area contributed by atoms with Crippen molar-refractivity contribution in [3.8, 4) is 11.3 Å². The molecule has 1 nitrogen and oxygen atoms in total. The molecule has 3 aliphatic carbocycles. The summed E-state index contributed by atoms with van der Waals surface area (Å²) in [6.07, 6.45) is 7.16. The van der Waals surface area contributed by atoms with Crippen molar-refractivity contribution >= 4 is 0 Å². The van der Waals surface area contributed by atoms with Crippen molar-refractivity contribution in [2.75, 3.05) is 0 Å². The van der Waals surface area contributed by atoms with Crippen LogP contribution in [-0.4, -0.2) is 4.98 Å². The normalized spacial score (nSPS) is 29.6. The standard InChI is InChI=1S/C19H20N.Ir/c1-18-8-10-19(2,11-9-18)16-13-14(6-7-15(16)18)17-5-3-4-12-20-17;/h3-5,7,12-13H,8-11H2,1-2H3;/q-1;. The minimum absolute atomic E-state index is 0. The third-order valence-corrected chi connectivity index (χ3v) is 5.65. The van der Waals surface area contributed by atoms with E-state index >= 15 is 0 Å². The van der Waals surface area contributed by atoms with Gasteiger partial charge in [-0.1, -0.05) is 38.8 Å². The van der Waals surface area contributed by atoms with Gasteiger partial charge in [0.25, 0.3) is 0 Å². The average Bonchev–Trinajstić information content (AvgIpc) is 2.50. The molecule has 0 saturated heterocycles. The quantitative estimate of drug-likeness (QED) is 0.572. The summed E-state index contributed by atoms with van der Waals surface area (Å²) >= 11 is 0. The second-order valence-corrected chi connectivity index (χ2v) is 7.01. The van der Waals surface area contributed by atoms with Crippen LogP contribution >= 0.6 is 0 Å². The fourth-order valence-electron chi connectivity index (χ4n) is 4.05. The van der Waals surface area contributed by atoms with Crippen LogP contribution in [0.5, 0.6) is 0 Å². The minimum atomic E-state index is 0. The zero-order chi connectivity index (χ0) is 13.8. The summed E-state index contributed by atoms with van der Waals surface area (Å²) in [6.45, 7) is 4.87. The maximum atomic E-state index is 4.47. The van der Waals surface area contributed by atoms with Gasteiger partial charge in [0, 0.05) is 26.3 Å². The Labute approximate surface area is 140 Å². The van der Waals surface area contributed by atoms with Gasteiger partial charge in [-0.3, -0.25) is 0 Å². The van der Waals surface area contributed by atoms with Crippen molar-refractivity contribution in [3.63, 3.8) is 0 Å². The second-order valence-electron chi connectivity index (χ2n) is 7.01. The van der Waals surface area contributed by atoms with Crippen molar-refractivity contribution < 1.29 is 20.1 Å². The van der Waals surface area contributed by atoms with Gasteiger partial charge in [-0.25, -0.2) is 0 Å². The Kier molecular flexibility index (Phi) is 3.58. The molecule has 0 aliphatic heterocycles. The maximum Gasteiger partial charge on any atom is 0.0160 e. The van der Waals surface area contributed by atoms with Gasteiger partial charge in [0.1, 0.15) is 0 Å². The Hall–Kier alpha value is -0.981. The van der Waals surface area contributed by atoms with Gasteiger partial charge in [-0.2, -0.15) is 0 Å². The molecular weight excluding hydrogens is 434 g/mol. The van der Waals surface area contributed by atoms with Gasteiger partial charge in [0.2, 0.25) is 0 Å². The van der Waals surface area contributed by atoms with Crippen molar-refractivity contribution in [1.29, 1.82) is 0 Å². The molecule has 0 spiro atoms. The largest absolute Gasteiger partial charge is 0.305 e. The topological polar surface area (TPSA) is 12.9 Å². The molecular formula is C19H20IrN-. The number of benzene rings is 1. The fraction of sp³-hybridized carbons (Fsp3) is 0.421. The first-order valence-corrected chi connectivity index (χ1v) is 7.59. The summed E-state index contributed by atoms with van der Waals surface area (Å²) in [6, 6.07) is 14.2. The number of rotatable bonds is 1. The molecule has 1 aromatic carbocycles. The van der Waals surface area contributed by atoms with E-state index in [1.807, 2.05) is 18.3 Å². The summed E-state index contributed by atoms with van der Waals surface area (Å²) in [5, 5.41) is 0. The van der Waals surface area contributed by atoms with Crippen LogP contribution in [0.15, 0.2) is 36.5 Å². The summed E-state index contributed by atoms with van der Waals surface area (Å²) in [5.74, 6) is 0. The Bertz CT molecular complexity index is 655. The van der Waals surface area contributed by atoms with Crippen LogP contribution in [0.4, 0.5) is 0 Å². The molecule has 1 aromatic heterocycles. The van der Waals surface area contributed by atoms with Gasteiger partial charge >= 0.3 is 0 Å². The number of hydrogen-bond donors (Lipinski definition) is 0. The van der Waals surface area contributed by atoms with Crippen molar-refractivity contribution in [2.45, 2.75) is 50.4 Å². The first-order chi connectivity index (χ1) is 9.61. The predicted molar refractivity (Wildman–Crippen MR) is 81.7 cm³/mol. The van der Waals surface area contributed by atoms with E-state index in [0.29, 0.717) is 10.8 Å². The molecule has 1 fully saturated rings. The fourth-order valence-corrected chi connectivity index (χ4v) is 4.05. The third kappa shape index (κ3) is 2.20. The predicted octanol–water partition coefficient (Wildman–Crippen LogP) is 4.65. The van der Waals surface area contributed by atoms with Crippen molar-refractivity contribution in [3.05, 3.63) is 53.7 Å². The maximum absolute atomic E-state index is 4.47. The molecule has 111 valence electrons. The van der Waals surface area contributed by atoms with Crippen molar-refractivity contribution in [2.24, 2.45) is 0 Å². The number of nitrogens with zero attached hydrogens (tertiary/aromatic N) is 1. The summed E-state index contributed by atoms with van der Waals surface area (Å²) in [4.78, 5) is 4.47. The number of aromatic nitrogens is 1. The third-order valence-electron chi connectivity index (χ3n) is 5.65. The van der Waals surface area contributed by atoms with Crippen LogP contribution in [0.3, 0.4) is 0 Å². The molecule has 0 N–H and O–H groups in total. The SMILES string of the molecule is CC12CCC(C)(CC1)c1cc(-c3ccccn3)[c-]cc12.[Ir]. The molecule has 0 amide bonds. The molecule has 1 heterocycles. The van der Waals surface area contributed by atoms with Gasteiger partial charge < -0.3 is 4.98 Å². The smallest absolute Gasteiger partial charge is 0.0160 e. The Morgan fingerprint density at radius 1 is 1.00 bits per heavy atom. The second kappa shape index (κ2) is 5.04. The van der Waals surface area contributed by atoms with E-state index in [1.54, 1.807) is 5.56 Å². The van der Waals surface area contributed by atoms with E-state index in [0.717, 1.165) is 11.3 Å². The van der Waals surface area contributed by atoms with E-state index in [1.165, 1.54) is 31.2 Å². The van der Waals surface area contributed by atoms with Crippen molar-refractivity contribution in [1.82, 2.24) is 4.98 Å². The van der Waals surface area contributed by atoms with E-state index in [4.69, 9.17) is 0 Å². The van der Waals surface area contributed by atoms with Crippen LogP contribution in [0.1, 0.15) is 50.7 Å². The number of fused-ring (bicyclic) bond motifs is 2. The van der Waals surface area contributed by atoms with Crippen LogP contribution in [0, 0.1) is 6.07 Å². The molecule has 2 bridgehead atoms. The molecule has 2 aromatic rings. The molecule has 0 atom stereocenters. The van der Waals surface area contributed by atoms with E-state index in [9.17, 15) is 0 Å². The number of hydrogen-bond acceptors (Lipinski definition) is 1. The van der Waals surface area contributed by atoms with E-state index in [-0.39, 0.29) is 20.1 Å². The molecule has 0 unspecified atom stereocenters. The molecule has 1 saturated carbocycles. The van der Waals surface area contributed by atoms with Crippen LogP contribution in [-0.2, 0) is 30.9 Å². The molecule has 3 aliphatic rings. The summed E-state index contributed by atoms with van der Waals surface area (Å²) < 4.78 is 0. The van der Waals surface area contributed by atoms with Gasteiger partial charge in [0.05, 0.1) is 0 Å². The zero-order valence-corrected chi connectivity index (χ0v) is 15.0. The van der Waals surface area contributed by atoms with Gasteiger partial charge in [-0.15, -0.1) is 34.9 Å². The minimum Gasteiger partial charge on any atom is -0.305 e. The van der Waals surface area contributed by atoms with Gasteiger partial charge in [-0.05, 0) is 35.4 Å². The van der Waals surface area contributed by atoms with E-state index in [2.05, 4.69) is 43.1 Å². The summed E-state index contributed by atoms with van der Waals surface area (Å²) in [5.41, 5.74) is 6.01. The average molecular weight is 455 g/mol. The van der Waals surface area contributed by atoms with Crippen LogP contribution < -0.4 is 0 Å². The molecule has 21 heavy (non-hydrogen) atoms. The Morgan fingerprint density at radius 2 is 1.67 bits per heavy atom. The first kappa shape index (κ1) is 14.9. The molecule has 1 radical (unpaired) electrons. The van der Waals surface area contributed by atoms with Crippen LogP contribution in [0.25, 0.3) is 11.3 Å². The van der Waals surface area contributed by atoms with Crippen LogP contribution in [0.2, 0.25) is 0 Å². The van der Waals surface area contributed by atoms with Gasteiger partial charge in [0.15, 0.2) is 0 Å². The summed E-state index contributed by atoms with van der Waals surface area (Å²) in [7, 11) is 0. The Morgan fingerprint density at radius 3 is 2.29 bits per heavy atom. The van der Waals surface area contributed by atoms with E-state index < -0.39 is 0 Å². The zero-order valence-electron chi connectivity index (χ0n) is 12.6. The molecule has 5 rings (SSSR count). The number of pyridine rings is 1. The molecule has 2 heteroatoms.